The van der Waals surface area contributed by atoms with Crippen LogP contribution in [0.3, 0.4) is 0 Å². The number of aryl methyl sites for hydroxylation is 1. The van der Waals surface area contributed by atoms with Crippen molar-refractivity contribution < 1.29 is 4.52 Å². The zero-order valence-electron chi connectivity index (χ0n) is 12.8. The second kappa shape index (κ2) is 6.29. The Morgan fingerprint density at radius 3 is 2.73 bits per heavy atom. The average Bonchev–Trinajstić information content (AvgIpc) is 3.01. The maximum atomic E-state index is 9.22. The molecule has 22 heavy (non-hydrogen) atoms. The third kappa shape index (κ3) is 2.88. The maximum absolute atomic E-state index is 9.22. The van der Waals surface area contributed by atoms with Gasteiger partial charge < -0.3 is 9.84 Å². The van der Waals surface area contributed by atoms with Gasteiger partial charge in [-0.3, -0.25) is 0 Å². The molecule has 5 nitrogen and oxygen atoms in total. The molecule has 0 unspecified atom stereocenters. The first kappa shape index (κ1) is 14.7. The van der Waals surface area contributed by atoms with Gasteiger partial charge in [-0.05, 0) is 24.5 Å². The van der Waals surface area contributed by atoms with Gasteiger partial charge in [0.05, 0.1) is 17.2 Å². The van der Waals surface area contributed by atoms with Gasteiger partial charge in [0.25, 0.3) is 0 Å². The molecule has 2 aromatic rings. The van der Waals surface area contributed by atoms with E-state index >= 15 is 0 Å². The summed E-state index contributed by atoms with van der Waals surface area (Å²) in [6, 6.07) is 9.94. The lowest BCUT2D eigenvalue weighted by molar-refractivity contribution is 0.211. The Labute approximate surface area is 130 Å². The molecule has 0 saturated heterocycles. The van der Waals surface area contributed by atoms with Crippen molar-refractivity contribution in [2.75, 3.05) is 0 Å². The van der Waals surface area contributed by atoms with Crippen molar-refractivity contribution >= 4 is 0 Å². The van der Waals surface area contributed by atoms with Gasteiger partial charge in [0.15, 0.2) is 5.82 Å². The Morgan fingerprint density at radius 1 is 1.27 bits per heavy atom. The molecule has 1 fully saturated rings. The third-order valence-electron chi connectivity index (χ3n) is 4.42. The predicted octanol–water partition coefficient (Wildman–Crippen LogP) is 3.20. The lowest BCUT2D eigenvalue weighted by atomic mass is 9.80. The van der Waals surface area contributed by atoms with E-state index in [9.17, 15) is 5.26 Å². The van der Waals surface area contributed by atoms with Gasteiger partial charge in [-0.1, -0.05) is 42.6 Å². The summed E-state index contributed by atoms with van der Waals surface area (Å²) in [6.45, 7) is 2.45. The fraction of sp³-hybridized carbons (Fsp3) is 0.471. The van der Waals surface area contributed by atoms with Gasteiger partial charge in [-0.15, -0.1) is 0 Å². The summed E-state index contributed by atoms with van der Waals surface area (Å²) in [5.74, 6) is 1.35. The monoisotopic (exact) mass is 296 g/mol. The number of nitrogens with zero attached hydrogens (tertiary/aromatic N) is 3. The number of hydrogen-bond donors (Lipinski definition) is 1. The quantitative estimate of drug-likeness (QED) is 0.937. The van der Waals surface area contributed by atoms with Crippen LogP contribution in [0.25, 0.3) is 0 Å². The summed E-state index contributed by atoms with van der Waals surface area (Å²) in [5.41, 5.74) is 1.49. The fourth-order valence-electron chi connectivity index (χ4n) is 3.18. The molecule has 0 bridgehead atoms. The summed E-state index contributed by atoms with van der Waals surface area (Å²) in [6.07, 6.45) is 5.55. The van der Waals surface area contributed by atoms with E-state index in [4.69, 9.17) is 4.52 Å². The largest absolute Gasteiger partial charge is 0.340 e. The molecular weight excluding hydrogens is 276 g/mol. The first-order valence-corrected chi connectivity index (χ1v) is 7.77. The lowest BCUT2D eigenvalue weighted by Crippen LogP contribution is -2.44. The van der Waals surface area contributed by atoms with Crippen molar-refractivity contribution in [3.8, 4) is 6.07 Å². The third-order valence-corrected chi connectivity index (χ3v) is 4.42. The van der Waals surface area contributed by atoms with Crippen LogP contribution in [0, 0.1) is 18.3 Å². The summed E-state index contributed by atoms with van der Waals surface area (Å²) >= 11 is 0. The molecule has 1 aliphatic carbocycles. The highest BCUT2D eigenvalue weighted by Crippen LogP contribution is 2.36. The Balaban J connectivity index is 1.83. The van der Waals surface area contributed by atoms with Gasteiger partial charge in [0.2, 0.25) is 5.89 Å². The van der Waals surface area contributed by atoms with Crippen molar-refractivity contribution in [3.63, 3.8) is 0 Å². The van der Waals surface area contributed by atoms with E-state index in [0.29, 0.717) is 18.0 Å². The summed E-state index contributed by atoms with van der Waals surface area (Å²) in [5, 5.41) is 17.0. The summed E-state index contributed by atoms with van der Waals surface area (Å²) in [7, 11) is 0. The minimum atomic E-state index is -0.238. The number of nitrogens with one attached hydrogen (secondary N) is 1. The second-order valence-electron chi connectivity index (χ2n) is 5.90. The van der Waals surface area contributed by atoms with Crippen LogP contribution in [0.2, 0.25) is 0 Å². The van der Waals surface area contributed by atoms with E-state index in [-0.39, 0.29) is 5.54 Å². The molecule has 1 heterocycles. The molecule has 3 rings (SSSR count). The van der Waals surface area contributed by atoms with Crippen molar-refractivity contribution in [3.05, 3.63) is 47.1 Å². The predicted molar refractivity (Wildman–Crippen MR) is 81.8 cm³/mol. The van der Waals surface area contributed by atoms with Gasteiger partial charge in [-0.25, -0.2) is 0 Å². The number of hydrogen-bond acceptors (Lipinski definition) is 5. The summed E-state index contributed by atoms with van der Waals surface area (Å²) < 4.78 is 5.19. The van der Waals surface area contributed by atoms with E-state index in [2.05, 4.69) is 21.5 Å². The van der Waals surface area contributed by atoms with Crippen molar-refractivity contribution in [1.82, 2.24) is 15.5 Å². The topological polar surface area (TPSA) is 74.7 Å². The maximum Gasteiger partial charge on any atom is 0.223 e. The molecule has 0 atom stereocenters. The zero-order chi connectivity index (χ0) is 15.4. The van der Waals surface area contributed by atoms with Crippen LogP contribution in [0.1, 0.15) is 54.9 Å². The highest BCUT2D eigenvalue weighted by molar-refractivity contribution is 5.37. The van der Waals surface area contributed by atoms with Gasteiger partial charge >= 0.3 is 0 Å². The van der Waals surface area contributed by atoms with Crippen molar-refractivity contribution in [2.45, 2.75) is 51.1 Å². The SMILES string of the molecule is Cc1nc(C2(NCc3ccccc3C#N)CCCCC2)no1. The van der Waals surface area contributed by atoms with E-state index < -0.39 is 0 Å². The molecule has 1 aromatic heterocycles. The highest BCUT2D eigenvalue weighted by Gasteiger charge is 2.37. The van der Waals surface area contributed by atoms with Crippen LogP contribution in [0.15, 0.2) is 28.8 Å². The first-order chi connectivity index (χ1) is 10.7. The van der Waals surface area contributed by atoms with Crippen LogP contribution < -0.4 is 5.32 Å². The molecular formula is C17H20N4O. The van der Waals surface area contributed by atoms with E-state index in [0.717, 1.165) is 37.1 Å². The van der Waals surface area contributed by atoms with Gasteiger partial charge in [-0.2, -0.15) is 10.2 Å². The highest BCUT2D eigenvalue weighted by atomic mass is 16.5. The first-order valence-electron chi connectivity index (χ1n) is 7.77. The Morgan fingerprint density at radius 2 is 2.05 bits per heavy atom. The Bertz CT molecular complexity index is 680. The van der Waals surface area contributed by atoms with Crippen molar-refractivity contribution in [2.24, 2.45) is 0 Å². The molecule has 1 N–H and O–H groups in total. The molecule has 1 aliphatic rings. The second-order valence-corrected chi connectivity index (χ2v) is 5.90. The molecule has 0 radical (unpaired) electrons. The van der Waals surface area contributed by atoms with Crippen LogP contribution in [-0.2, 0) is 12.1 Å². The minimum absolute atomic E-state index is 0.238. The minimum Gasteiger partial charge on any atom is -0.340 e. The number of nitriles is 1. The van der Waals surface area contributed by atoms with Crippen LogP contribution >= 0.6 is 0 Å². The van der Waals surface area contributed by atoms with E-state index in [1.165, 1.54) is 6.42 Å². The molecule has 0 aliphatic heterocycles. The molecule has 5 heteroatoms. The standard InChI is InChI=1S/C17H20N4O/c1-13-20-16(21-22-13)17(9-5-2-6-10-17)19-12-15-8-4-3-7-14(15)11-18/h3-4,7-8,19H,2,5-6,9-10,12H2,1H3. The van der Waals surface area contributed by atoms with E-state index in [1.807, 2.05) is 31.2 Å². The van der Waals surface area contributed by atoms with E-state index in [1.54, 1.807) is 0 Å². The summed E-state index contributed by atoms with van der Waals surface area (Å²) in [4.78, 5) is 4.46. The molecule has 0 amide bonds. The number of rotatable bonds is 4. The van der Waals surface area contributed by atoms with Crippen LogP contribution in [-0.4, -0.2) is 10.1 Å². The molecule has 1 aromatic carbocycles. The van der Waals surface area contributed by atoms with Gasteiger partial charge in [0.1, 0.15) is 0 Å². The zero-order valence-corrected chi connectivity index (χ0v) is 12.8. The van der Waals surface area contributed by atoms with Crippen LogP contribution in [0.5, 0.6) is 0 Å². The molecule has 0 spiro atoms. The number of aromatic nitrogens is 2. The van der Waals surface area contributed by atoms with Crippen LogP contribution in [0.4, 0.5) is 0 Å². The smallest absolute Gasteiger partial charge is 0.223 e. The fourth-order valence-corrected chi connectivity index (χ4v) is 3.18. The Kier molecular flexibility index (Phi) is 4.21. The Hall–Kier alpha value is -2.19. The molecule has 1 saturated carbocycles. The van der Waals surface area contributed by atoms with Crippen molar-refractivity contribution in [1.29, 1.82) is 5.26 Å². The normalized spacial score (nSPS) is 17.1. The average molecular weight is 296 g/mol. The van der Waals surface area contributed by atoms with Gasteiger partial charge in [0, 0.05) is 13.5 Å². The molecule has 114 valence electrons. The lowest BCUT2D eigenvalue weighted by Gasteiger charge is -2.35. The number of benzene rings is 1.